The van der Waals surface area contributed by atoms with Gasteiger partial charge in [0.25, 0.3) is 0 Å². The van der Waals surface area contributed by atoms with Crippen molar-refractivity contribution in [2.45, 2.75) is 56.7 Å². The van der Waals surface area contributed by atoms with Crippen LogP contribution in [0, 0.1) is 29.0 Å². The fourth-order valence-electron chi connectivity index (χ4n) is 5.98. The number of alkyl halides is 1. The molecule has 0 nitrogen and oxygen atoms in total. The van der Waals surface area contributed by atoms with Crippen molar-refractivity contribution >= 4 is 11.6 Å². The van der Waals surface area contributed by atoms with E-state index in [9.17, 15) is 4.39 Å². The van der Waals surface area contributed by atoms with Crippen LogP contribution >= 0.6 is 11.6 Å². The molecule has 4 fully saturated rings. The topological polar surface area (TPSA) is 0 Å². The van der Waals surface area contributed by atoms with Crippen molar-refractivity contribution in [1.82, 2.24) is 0 Å². The zero-order valence-corrected chi connectivity index (χ0v) is 13.3. The Labute approximate surface area is 132 Å². The molecule has 0 aliphatic heterocycles. The summed E-state index contributed by atoms with van der Waals surface area (Å²) in [4.78, 5) is 0. The predicted octanol–water partition coefficient (Wildman–Crippen LogP) is 5.58. The summed E-state index contributed by atoms with van der Waals surface area (Å²) in [5.74, 6) is 2.80. The average Bonchev–Trinajstić information content (AvgIpc) is 2.39. The van der Waals surface area contributed by atoms with E-state index in [-0.39, 0.29) is 11.2 Å². The van der Waals surface area contributed by atoms with Gasteiger partial charge >= 0.3 is 0 Å². The van der Waals surface area contributed by atoms with E-state index in [1.165, 1.54) is 38.5 Å². The highest BCUT2D eigenvalue weighted by Gasteiger charge is 2.51. The molecule has 4 bridgehead atoms. The highest BCUT2D eigenvalue weighted by atomic mass is 35.5. The van der Waals surface area contributed by atoms with Gasteiger partial charge in [-0.1, -0.05) is 18.2 Å². The van der Waals surface area contributed by atoms with Crippen molar-refractivity contribution in [3.05, 3.63) is 35.6 Å². The van der Waals surface area contributed by atoms with Gasteiger partial charge in [0, 0.05) is 5.38 Å². The van der Waals surface area contributed by atoms with Crippen LogP contribution in [0.5, 0.6) is 0 Å². The molecule has 4 aliphatic rings. The molecule has 2 heteroatoms. The van der Waals surface area contributed by atoms with E-state index in [0.717, 1.165) is 29.7 Å². The first-order chi connectivity index (χ1) is 10.1. The third-order valence-corrected chi connectivity index (χ3v) is 6.53. The molecule has 1 aromatic carbocycles. The molecular weight excluding hydrogens is 283 g/mol. The smallest absolute Gasteiger partial charge is 0.126 e. The molecule has 0 radical (unpaired) electrons. The minimum atomic E-state index is -0.103. The molecule has 4 aliphatic carbocycles. The number of rotatable bonds is 4. The van der Waals surface area contributed by atoms with Crippen molar-refractivity contribution in [2.75, 3.05) is 0 Å². The van der Waals surface area contributed by atoms with Crippen LogP contribution in [0.25, 0.3) is 0 Å². The van der Waals surface area contributed by atoms with Crippen molar-refractivity contribution in [1.29, 1.82) is 0 Å². The maximum atomic E-state index is 13.8. The van der Waals surface area contributed by atoms with E-state index in [1.54, 1.807) is 12.1 Å². The molecule has 0 heterocycles. The summed E-state index contributed by atoms with van der Waals surface area (Å²) in [6.07, 6.45) is 10.3. The monoisotopic (exact) mass is 306 g/mol. The van der Waals surface area contributed by atoms with Crippen LogP contribution in [0.4, 0.5) is 4.39 Å². The first-order valence-electron chi connectivity index (χ1n) is 8.49. The van der Waals surface area contributed by atoms with Crippen molar-refractivity contribution < 1.29 is 4.39 Å². The highest BCUT2D eigenvalue weighted by molar-refractivity contribution is 6.20. The first-order valence-corrected chi connectivity index (χ1v) is 8.93. The van der Waals surface area contributed by atoms with E-state index in [2.05, 4.69) is 0 Å². The van der Waals surface area contributed by atoms with Crippen LogP contribution in [0.15, 0.2) is 24.3 Å². The summed E-state index contributed by atoms with van der Waals surface area (Å²) in [5, 5.41) is 0.0816. The van der Waals surface area contributed by atoms with Gasteiger partial charge < -0.3 is 0 Å². The Balaban J connectivity index is 1.45. The maximum absolute atomic E-state index is 13.8. The Morgan fingerprint density at radius 1 is 1.05 bits per heavy atom. The quantitative estimate of drug-likeness (QED) is 0.637. The molecule has 114 valence electrons. The minimum Gasteiger partial charge on any atom is -0.207 e. The number of halogens is 2. The summed E-state index contributed by atoms with van der Waals surface area (Å²) in [7, 11) is 0. The lowest BCUT2D eigenvalue weighted by Crippen LogP contribution is -2.47. The first kappa shape index (κ1) is 14.1. The van der Waals surface area contributed by atoms with Crippen LogP contribution in [-0.2, 0) is 6.42 Å². The molecule has 1 atom stereocenters. The molecule has 0 aromatic heterocycles. The van der Waals surface area contributed by atoms with Crippen molar-refractivity contribution in [3.63, 3.8) is 0 Å². The second-order valence-corrected chi connectivity index (χ2v) is 8.63. The van der Waals surface area contributed by atoms with E-state index < -0.39 is 0 Å². The zero-order chi connectivity index (χ0) is 14.4. The van der Waals surface area contributed by atoms with Crippen LogP contribution in [0.2, 0.25) is 0 Å². The Morgan fingerprint density at radius 3 is 2.19 bits per heavy atom. The van der Waals surface area contributed by atoms with Crippen molar-refractivity contribution in [3.8, 4) is 0 Å². The standard InChI is InChI=1S/C19H24ClF/c20-17(8-16-3-1-2-4-18(16)21)12-19-9-13-5-14(10-19)7-15(6-13)11-19/h1-4,13-15,17H,5-12H2. The van der Waals surface area contributed by atoms with Gasteiger partial charge in [-0.05, 0) is 86.2 Å². The van der Waals surface area contributed by atoms with Gasteiger partial charge in [0.05, 0.1) is 0 Å². The molecular formula is C19H24ClF. The molecule has 0 spiro atoms. The summed E-state index contributed by atoms with van der Waals surface area (Å²) in [6.45, 7) is 0. The molecule has 4 saturated carbocycles. The van der Waals surface area contributed by atoms with Gasteiger partial charge in [-0.2, -0.15) is 0 Å². The molecule has 0 N–H and O–H groups in total. The normalized spacial score (nSPS) is 38.7. The Kier molecular flexibility index (Phi) is 3.52. The van der Waals surface area contributed by atoms with Gasteiger partial charge in [0.15, 0.2) is 0 Å². The molecule has 1 aromatic rings. The third kappa shape index (κ3) is 2.74. The predicted molar refractivity (Wildman–Crippen MR) is 85.0 cm³/mol. The Bertz CT molecular complexity index is 489. The van der Waals surface area contributed by atoms with Crippen LogP contribution in [0.3, 0.4) is 0 Å². The minimum absolute atomic E-state index is 0.0816. The maximum Gasteiger partial charge on any atom is 0.126 e. The molecule has 0 saturated heterocycles. The lowest BCUT2D eigenvalue weighted by molar-refractivity contribution is -0.0574. The lowest BCUT2D eigenvalue weighted by atomic mass is 9.48. The van der Waals surface area contributed by atoms with E-state index in [1.807, 2.05) is 12.1 Å². The summed E-state index contributed by atoms with van der Waals surface area (Å²) in [6, 6.07) is 7.09. The van der Waals surface area contributed by atoms with Gasteiger partial charge in [0.2, 0.25) is 0 Å². The highest BCUT2D eigenvalue weighted by Crippen LogP contribution is 2.61. The second kappa shape index (κ2) is 5.26. The Morgan fingerprint density at radius 2 is 1.62 bits per heavy atom. The molecule has 5 rings (SSSR count). The SMILES string of the molecule is Fc1ccccc1CC(Cl)CC12CC3CC(CC(C3)C1)C2. The summed E-state index contributed by atoms with van der Waals surface area (Å²) < 4.78 is 13.8. The van der Waals surface area contributed by atoms with Gasteiger partial charge in [0.1, 0.15) is 5.82 Å². The van der Waals surface area contributed by atoms with Crippen LogP contribution in [0.1, 0.15) is 50.5 Å². The second-order valence-electron chi connectivity index (χ2n) is 8.01. The fraction of sp³-hybridized carbons (Fsp3) is 0.684. The summed E-state index contributed by atoms with van der Waals surface area (Å²) in [5.41, 5.74) is 1.27. The van der Waals surface area contributed by atoms with Crippen molar-refractivity contribution in [2.24, 2.45) is 23.2 Å². The fourth-order valence-corrected chi connectivity index (χ4v) is 6.48. The number of benzene rings is 1. The third-order valence-electron chi connectivity index (χ3n) is 6.22. The number of hydrogen-bond acceptors (Lipinski definition) is 0. The number of hydrogen-bond donors (Lipinski definition) is 0. The molecule has 1 unspecified atom stereocenters. The van der Waals surface area contributed by atoms with Gasteiger partial charge in [-0.15, -0.1) is 11.6 Å². The Hall–Kier alpha value is -0.560. The largest absolute Gasteiger partial charge is 0.207 e. The average molecular weight is 307 g/mol. The van der Waals surface area contributed by atoms with E-state index in [0.29, 0.717) is 11.8 Å². The lowest BCUT2D eigenvalue weighted by Gasteiger charge is -2.57. The van der Waals surface area contributed by atoms with Crippen LogP contribution in [-0.4, -0.2) is 5.38 Å². The molecule has 0 amide bonds. The summed E-state index contributed by atoms with van der Waals surface area (Å²) >= 11 is 6.66. The van der Waals surface area contributed by atoms with E-state index >= 15 is 0 Å². The van der Waals surface area contributed by atoms with Gasteiger partial charge in [-0.3, -0.25) is 0 Å². The van der Waals surface area contributed by atoms with Crippen LogP contribution < -0.4 is 0 Å². The van der Waals surface area contributed by atoms with E-state index in [4.69, 9.17) is 11.6 Å². The zero-order valence-electron chi connectivity index (χ0n) is 12.5. The molecule has 21 heavy (non-hydrogen) atoms. The van der Waals surface area contributed by atoms with Gasteiger partial charge in [-0.25, -0.2) is 4.39 Å².